The number of allylic oxidation sites excluding steroid dienone is 10. The molecule has 61 heavy (non-hydrogen) atoms. The highest BCUT2D eigenvalue weighted by Gasteiger charge is 2.37. The molecule has 7 heteroatoms. The zero-order valence-electron chi connectivity index (χ0n) is 37.6. The van der Waals surface area contributed by atoms with E-state index in [1.807, 2.05) is 97.1 Å². The van der Waals surface area contributed by atoms with Gasteiger partial charge < -0.3 is 4.42 Å². The van der Waals surface area contributed by atoms with Gasteiger partial charge in [0.15, 0.2) is 23.1 Å². The van der Waals surface area contributed by atoms with Crippen LogP contribution in [0.15, 0.2) is 180 Å². The van der Waals surface area contributed by atoms with Gasteiger partial charge in [0.1, 0.15) is 11.4 Å². The highest BCUT2D eigenvalue weighted by molar-refractivity contribution is 6.13. The quantitative estimate of drug-likeness (QED) is 0.160. The van der Waals surface area contributed by atoms with Gasteiger partial charge in [-0.2, -0.15) is 0 Å². The Morgan fingerprint density at radius 3 is 1.05 bits per heavy atom. The molecule has 0 bridgehead atoms. The van der Waals surface area contributed by atoms with E-state index >= 15 is 0 Å². The molecule has 4 aromatic carbocycles. The minimum Gasteiger partial charge on any atom is -0.453 e. The molecule has 0 saturated carbocycles. The van der Waals surface area contributed by atoms with E-state index in [-0.39, 0.29) is 11.6 Å². The van der Waals surface area contributed by atoms with Gasteiger partial charge in [0, 0.05) is 44.2 Å². The number of Topliss-reactive ketones (excluding diaryl/α,β-unsaturated/α-hetero) is 2. The Labute approximate surface area is 360 Å². The Balaban J connectivity index is 1.51. The number of hydrogen-bond acceptors (Lipinski definition) is 7. The molecule has 0 spiro atoms. The zero-order valence-corrected chi connectivity index (χ0v) is 37.6. The summed E-state index contributed by atoms with van der Waals surface area (Å²) in [4.78, 5) is 28.2. The van der Waals surface area contributed by atoms with Crippen LogP contribution in [0.5, 0.6) is 0 Å². The highest BCUT2D eigenvalue weighted by atomic mass is 16.3. The van der Waals surface area contributed by atoms with Crippen molar-refractivity contribution in [3.63, 3.8) is 0 Å². The van der Waals surface area contributed by atoms with Crippen molar-refractivity contribution in [2.24, 2.45) is 42.1 Å². The Morgan fingerprint density at radius 2 is 0.721 bits per heavy atom. The van der Waals surface area contributed by atoms with Gasteiger partial charge in [0.05, 0.1) is 11.4 Å². The maximum Gasteiger partial charge on any atom is 0.186 e. The second-order valence-electron chi connectivity index (χ2n) is 20.1. The van der Waals surface area contributed by atoms with Gasteiger partial charge in [-0.05, 0) is 81.0 Å². The average molecular weight is 809 g/mol. The summed E-state index contributed by atoms with van der Waals surface area (Å²) in [6.45, 7) is 24.6. The fourth-order valence-electron chi connectivity index (χ4n) is 7.65. The number of carbonyl (C=O) groups is 2. The van der Waals surface area contributed by atoms with Crippen molar-refractivity contribution < 1.29 is 14.0 Å². The van der Waals surface area contributed by atoms with E-state index in [9.17, 15) is 9.59 Å². The van der Waals surface area contributed by atoms with E-state index in [4.69, 9.17) is 24.9 Å². The summed E-state index contributed by atoms with van der Waals surface area (Å²) >= 11 is 0. The van der Waals surface area contributed by atoms with Crippen LogP contribution in [0.2, 0.25) is 0 Å². The molecule has 7 rings (SSSR count). The lowest BCUT2D eigenvalue weighted by Crippen LogP contribution is -2.28. The van der Waals surface area contributed by atoms with Crippen molar-refractivity contribution in [2.45, 2.75) is 83.1 Å². The lowest BCUT2D eigenvalue weighted by molar-refractivity contribution is -0.114. The maximum absolute atomic E-state index is 14.1. The third-order valence-electron chi connectivity index (χ3n) is 11.1. The number of azo groups is 2. The van der Waals surface area contributed by atoms with E-state index in [1.165, 1.54) is 0 Å². The molecule has 5 aromatic rings. The smallest absolute Gasteiger partial charge is 0.186 e. The minimum atomic E-state index is -0.453. The second-order valence-corrected chi connectivity index (χ2v) is 20.1. The number of benzene rings is 4. The van der Waals surface area contributed by atoms with Crippen LogP contribution in [0.4, 0.5) is 11.4 Å². The summed E-state index contributed by atoms with van der Waals surface area (Å²) in [5.74, 6) is 0.903. The summed E-state index contributed by atoms with van der Waals surface area (Å²) in [7, 11) is 0. The molecule has 0 radical (unpaired) electrons. The summed E-state index contributed by atoms with van der Waals surface area (Å²) in [5, 5.41) is 23.7. The van der Waals surface area contributed by atoms with E-state index in [2.05, 4.69) is 107 Å². The van der Waals surface area contributed by atoms with Gasteiger partial charge in [-0.15, -0.1) is 20.5 Å². The summed E-state index contributed by atoms with van der Waals surface area (Å²) in [5.41, 5.74) is 4.64. The number of ketones is 2. The molecule has 7 nitrogen and oxygen atoms in total. The zero-order chi connectivity index (χ0) is 44.1. The number of carbonyl (C=O) groups excluding carboxylic acids is 2. The first-order valence-electron chi connectivity index (χ1n) is 21.0. The van der Waals surface area contributed by atoms with Gasteiger partial charge >= 0.3 is 0 Å². The third-order valence-corrected chi connectivity index (χ3v) is 11.1. The van der Waals surface area contributed by atoms with Gasteiger partial charge in [-0.1, -0.05) is 156 Å². The Kier molecular flexibility index (Phi) is 11.2. The molecular weight excluding hydrogens is 753 g/mol. The third kappa shape index (κ3) is 8.93. The molecular formula is C54H56N4O3. The molecule has 0 aliphatic heterocycles. The standard InChI is InChI=1S/C54H56N4O3/c1-51(2,3)39-29-35(30-40(49(39)59)52(4,5)6)47(57-55-43-25-17-21-33-19-13-15-23-37(33)43)45-27-28-46(61-45)48(58-56-44-26-18-22-34-20-14-16-24-38(34)44)36-31-41(53(7,8)9)50(60)42(32-36)54(10,11)12/h13-32H,1-12H3/b57-55+,58-56+. The summed E-state index contributed by atoms with van der Waals surface area (Å²) < 4.78 is 6.89. The molecule has 1 heterocycles. The van der Waals surface area contributed by atoms with Crippen molar-refractivity contribution >= 4 is 55.9 Å². The van der Waals surface area contributed by atoms with Gasteiger partial charge in [0.25, 0.3) is 0 Å². The Bertz CT molecular complexity index is 2580. The van der Waals surface area contributed by atoms with Crippen molar-refractivity contribution in [1.82, 2.24) is 0 Å². The van der Waals surface area contributed by atoms with Gasteiger partial charge in [0.2, 0.25) is 0 Å². The first-order valence-corrected chi connectivity index (χ1v) is 21.0. The van der Waals surface area contributed by atoms with Crippen molar-refractivity contribution in [3.05, 3.63) is 166 Å². The molecule has 0 saturated heterocycles. The topological polar surface area (TPSA) is 96.7 Å². The molecule has 0 amide bonds. The van der Waals surface area contributed by atoms with Crippen LogP contribution < -0.4 is 0 Å². The molecule has 1 aromatic heterocycles. The van der Waals surface area contributed by atoms with Crippen LogP contribution in [0.25, 0.3) is 32.9 Å². The maximum atomic E-state index is 14.1. The summed E-state index contributed by atoms with van der Waals surface area (Å²) in [6.07, 6.45) is 7.72. The molecule has 2 aliphatic carbocycles. The van der Waals surface area contributed by atoms with Crippen molar-refractivity contribution in [2.75, 3.05) is 0 Å². The number of hydrogen-bond donors (Lipinski definition) is 0. The lowest BCUT2D eigenvalue weighted by atomic mass is 9.71. The van der Waals surface area contributed by atoms with Crippen LogP contribution in [0.1, 0.15) is 94.6 Å². The number of nitrogens with zero attached hydrogens (tertiary/aromatic N) is 4. The van der Waals surface area contributed by atoms with Crippen LogP contribution in [0.3, 0.4) is 0 Å². The van der Waals surface area contributed by atoms with Crippen LogP contribution in [-0.4, -0.2) is 11.6 Å². The van der Waals surface area contributed by atoms with Crippen molar-refractivity contribution in [1.29, 1.82) is 0 Å². The first-order chi connectivity index (χ1) is 28.6. The van der Waals surface area contributed by atoms with Crippen LogP contribution >= 0.6 is 0 Å². The number of rotatable bonds is 6. The second kappa shape index (κ2) is 15.9. The van der Waals surface area contributed by atoms with E-state index in [1.54, 1.807) is 0 Å². The molecule has 0 N–H and O–H groups in total. The molecule has 310 valence electrons. The molecule has 2 aliphatic rings. The van der Waals surface area contributed by atoms with Crippen molar-refractivity contribution in [3.8, 4) is 0 Å². The van der Waals surface area contributed by atoms with Crippen LogP contribution in [-0.2, 0) is 9.59 Å². The Morgan fingerprint density at radius 1 is 0.410 bits per heavy atom. The minimum absolute atomic E-state index is 0.0184. The van der Waals surface area contributed by atoms with Gasteiger partial charge in [-0.3, -0.25) is 9.59 Å². The predicted molar refractivity (Wildman–Crippen MR) is 250 cm³/mol. The van der Waals surface area contributed by atoms with Gasteiger partial charge in [-0.25, -0.2) is 0 Å². The number of fused-ring (bicyclic) bond motifs is 2. The first kappa shape index (κ1) is 42.8. The molecule has 0 atom stereocenters. The highest BCUT2D eigenvalue weighted by Crippen LogP contribution is 2.44. The molecule has 0 fully saturated rings. The average Bonchev–Trinajstić information content (AvgIpc) is 3.66. The summed E-state index contributed by atoms with van der Waals surface area (Å²) in [6, 6.07) is 31.8. The van der Waals surface area contributed by atoms with Crippen LogP contribution in [0, 0.1) is 21.7 Å². The lowest BCUT2D eigenvalue weighted by Gasteiger charge is -2.31. The van der Waals surface area contributed by atoms with E-state index < -0.39 is 21.7 Å². The largest absolute Gasteiger partial charge is 0.453 e. The number of furan rings is 1. The SMILES string of the molecule is CC(C)(C)C1=CC(=C(/N=N/c2cccc3ccccc23)c2ccc(C(/N=N/c3cccc4ccccc34)=C3C=C(C(C)(C)C)C(=O)C(C(C)(C)C)=C3)o2)C=C(C(C)(C)C)C1=O. The fourth-order valence-corrected chi connectivity index (χ4v) is 7.65. The normalized spacial score (nSPS) is 15.8. The monoisotopic (exact) mass is 808 g/mol. The fraction of sp³-hybridized carbons (Fsp3) is 0.296. The Hall–Kier alpha value is -6.34. The molecule has 0 unspecified atom stereocenters. The van der Waals surface area contributed by atoms with E-state index in [0.29, 0.717) is 67.7 Å². The predicted octanol–water partition coefficient (Wildman–Crippen LogP) is 15.6. The van der Waals surface area contributed by atoms with E-state index in [0.717, 1.165) is 21.5 Å².